The summed E-state index contributed by atoms with van der Waals surface area (Å²) in [6.07, 6.45) is 5.62. The highest BCUT2D eigenvalue weighted by Gasteiger charge is 2.19. The molecule has 5 nitrogen and oxygen atoms in total. The van der Waals surface area contributed by atoms with Gasteiger partial charge in [0, 0.05) is 16.7 Å². The second-order valence-electron chi connectivity index (χ2n) is 4.72. The average molecular weight is 348 g/mol. The van der Waals surface area contributed by atoms with Crippen LogP contribution in [-0.2, 0) is 10.0 Å². The second-order valence-corrected chi connectivity index (χ2v) is 7.48. The Balaban J connectivity index is 1.69. The van der Waals surface area contributed by atoms with E-state index in [1.54, 1.807) is 18.3 Å². The Morgan fingerprint density at radius 1 is 1.32 bits per heavy atom. The Morgan fingerprint density at radius 2 is 2.11 bits per heavy atom. The first kappa shape index (κ1) is 14.7. The molecular weight excluding hydrogens is 330 g/mol. The predicted molar refractivity (Wildman–Crippen MR) is 79.6 cm³/mol. The van der Waals surface area contributed by atoms with Crippen LogP contribution >= 0.6 is 15.9 Å². The molecule has 19 heavy (non-hydrogen) atoms. The summed E-state index contributed by atoms with van der Waals surface area (Å²) < 4.78 is 26.9. The molecule has 0 aliphatic heterocycles. The molecule has 1 fully saturated rings. The summed E-state index contributed by atoms with van der Waals surface area (Å²) in [6, 6.07) is 4.07. The zero-order valence-electron chi connectivity index (χ0n) is 10.6. The number of nitrogens with zero attached hydrogens (tertiary/aromatic N) is 1. The van der Waals surface area contributed by atoms with E-state index in [4.69, 9.17) is 0 Å². The van der Waals surface area contributed by atoms with Gasteiger partial charge in [0.05, 0.1) is 5.75 Å². The van der Waals surface area contributed by atoms with E-state index in [1.807, 2.05) is 0 Å². The van der Waals surface area contributed by atoms with E-state index in [0.717, 1.165) is 17.4 Å². The third kappa shape index (κ3) is 5.88. The van der Waals surface area contributed by atoms with Crippen molar-refractivity contribution in [1.82, 2.24) is 10.3 Å². The number of aromatic nitrogens is 1. The molecule has 0 saturated heterocycles. The topological polar surface area (TPSA) is 71.1 Å². The molecule has 0 atom stereocenters. The van der Waals surface area contributed by atoms with Crippen LogP contribution in [0.3, 0.4) is 0 Å². The van der Waals surface area contributed by atoms with Gasteiger partial charge in [0.15, 0.2) is 0 Å². The summed E-state index contributed by atoms with van der Waals surface area (Å²) in [4.78, 5) is 3.99. The first-order valence-electron chi connectivity index (χ1n) is 6.41. The normalized spacial score (nSPS) is 15.4. The fraction of sp³-hybridized carbons (Fsp3) is 0.583. The van der Waals surface area contributed by atoms with Crippen molar-refractivity contribution in [3.05, 3.63) is 22.8 Å². The number of pyridine rings is 1. The Bertz CT molecular complexity index is 500. The van der Waals surface area contributed by atoms with Gasteiger partial charge in [-0.3, -0.25) is 4.72 Å². The summed E-state index contributed by atoms with van der Waals surface area (Å²) in [5, 5.41) is 3.37. The van der Waals surface area contributed by atoms with Crippen molar-refractivity contribution in [2.24, 2.45) is 0 Å². The molecule has 1 aromatic rings. The fourth-order valence-corrected chi connectivity index (χ4v) is 3.02. The standard InChI is InChI=1S/C12H18BrN3O2S/c13-10-3-6-12(15-9-10)16-19(17,18)8-2-1-7-14-11-4-5-11/h3,6,9,11,14H,1-2,4-5,7-8H2,(H,15,16). The molecule has 0 amide bonds. The van der Waals surface area contributed by atoms with Gasteiger partial charge < -0.3 is 5.32 Å². The number of hydrogen-bond donors (Lipinski definition) is 2. The minimum Gasteiger partial charge on any atom is -0.314 e. The molecule has 1 aliphatic carbocycles. The van der Waals surface area contributed by atoms with E-state index in [-0.39, 0.29) is 5.75 Å². The van der Waals surface area contributed by atoms with Gasteiger partial charge in [-0.1, -0.05) is 0 Å². The van der Waals surface area contributed by atoms with Crippen LogP contribution in [0.5, 0.6) is 0 Å². The van der Waals surface area contributed by atoms with Crippen molar-refractivity contribution in [3.8, 4) is 0 Å². The van der Waals surface area contributed by atoms with Crippen LogP contribution in [0.2, 0.25) is 0 Å². The summed E-state index contributed by atoms with van der Waals surface area (Å²) >= 11 is 3.25. The SMILES string of the molecule is O=S(=O)(CCCCNC1CC1)Nc1ccc(Br)cn1. The van der Waals surface area contributed by atoms with Gasteiger partial charge in [-0.2, -0.15) is 0 Å². The molecule has 1 heterocycles. The number of rotatable bonds is 8. The molecule has 0 bridgehead atoms. The monoisotopic (exact) mass is 347 g/mol. The summed E-state index contributed by atoms with van der Waals surface area (Å²) in [5.74, 6) is 0.496. The number of halogens is 1. The maximum Gasteiger partial charge on any atom is 0.233 e. The van der Waals surface area contributed by atoms with Crippen molar-refractivity contribution in [1.29, 1.82) is 0 Å². The van der Waals surface area contributed by atoms with E-state index < -0.39 is 10.0 Å². The first-order chi connectivity index (χ1) is 9.05. The van der Waals surface area contributed by atoms with Gasteiger partial charge in [-0.05, 0) is 60.3 Å². The number of unbranched alkanes of at least 4 members (excludes halogenated alkanes) is 1. The predicted octanol–water partition coefficient (Wildman–Crippen LogP) is 2.12. The second kappa shape index (κ2) is 6.67. The van der Waals surface area contributed by atoms with E-state index in [9.17, 15) is 8.42 Å². The van der Waals surface area contributed by atoms with Gasteiger partial charge in [0.25, 0.3) is 0 Å². The highest BCUT2D eigenvalue weighted by atomic mass is 79.9. The lowest BCUT2D eigenvalue weighted by molar-refractivity contribution is 0.590. The number of hydrogen-bond acceptors (Lipinski definition) is 4. The molecule has 0 unspecified atom stereocenters. The zero-order valence-corrected chi connectivity index (χ0v) is 13.0. The fourth-order valence-electron chi connectivity index (χ4n) is 1.66. The molecule has 0 spiro atoms. The van der Waals surface area contributed by atoms with Crippen LogP contribution < -0.4 is 10.0 Å². The average Bonchev–Trinajstić information content (AvgIpc) is 3.15. The summed E-state index contributed by atoms with van der Waals surface area (Å²) in [5.41, 5.74) is 0. The molecule has 0 aromatic carbocycles. The molecule has 1 aromatic heterocycles. The Hall–Kier alpha value is -0.660. The van der Waals surface area contributed by atoms with Crippen LogP contribution in [-0.4, -0.2) is 31.7 Å². The van der Waals surface area contributed by atoms with Crippen molar-refractivity contribution in [2.75, 3.05) is 17.0 Å². The van der Waals surface area contributed by atoms with Crippen LogP contribution in [0.15, 0.2) is 22.8 Å². The zero-order chi connectivity index (χ0) is 13.7. The highest BCUT2D eigenvalue weighted by Crippen LogP contribution is 2.18. The Kier molecular flexibility index (Phi) is 5.18. The molecule has 1 aliphatic rings. The third-order valence-corrected chi connectivity index (χ3v) is 4.65. The molecule has 2 rings (SSSR count). The summed E-state index contributed by atoms with van der Waals surface area (Å²) in [7, 11) is -3.29. The van der Waals surface area contributed by atoms with Gasteiger partial charge in [0.1, 0.15) is 5.82 Å². The number of nitrogens with one attached hydrogen (secondary N) is 2. The van der Waals surface area contributed by atoms with Crippen LogP contribution in [0.25, 0.3) is 0 Å². The number of sulfonamides is 1. The third-order valence-electron chi connectivity index (χ3n) is 2.84. The van der Waals surface area contributed by atoms with E-state index >= 15 is 0 Å². The Morgan fingerprint density at radius 3 is 2.74 bits per heavy atom. The highest BCUT2D eigenvalue weighted by molar-refractivity contribution is 9.10. The van der Waals surface area contributed by atoms with Crippen molar-refractivity contribution >= 4 is 31.8 Å². The molecule has 106 valence electrons. The lowest BCUT2D eigenvalue weighted by Gasteiger charge is -2.07. The quantitative estimate of drug-likeness (QED) is 0.706. The number of anilines is 1. The van der Waals surface area contributed by atoms with Crippen molar-refractivity contribution in [2.45, 2.75) is 31.7 Å². The molecule has 7 heteroatoms. The van der Waals surface area contributed by atoms with Gasteiger partial charge in [0.2, 0.25) is 10.0 Å². The molecule has 1 saturated carbocycles. The lowest BCUT2D eigenvalue weighted by Crippen LogP contribution is -2.20. The first-order valence-corrected chi connectivity index (χ1v) is 8.85. The van der Waals surface area contributed by atoms with E-state index in [1.165, 1.54) is 12.8 Å². The lowest BCUT2D eigenvalue weighted by atomic mass is 10.3. The van der Waals surface area contributed by atoms with Crippen molar-refractivity contribution in [3.63, 3.8) is 0 Å². The minimum atomic E-state index is -3.29. The molecular formula is C12H18BrN3O2S. The van der Waals surface area contributed by atoms with Gasteiger partial charge >= 0.3 is 0 Å². The van der Waals surface area contributed by atoms with Crippen LogP contribution in [0.1, 0.15) is 25.7 Å². The van der Waals surface area contributed by atoms with Gasteiger partial charge in [-0.25, -0.2) is 13.4 Å². The van der Waals surface area contributed by atoms with Gasteiger partial charge in [-0.15, -0.1) is 0 Å². The molecule has 0 radical (unpaired) electrons. The molecule has 2 N–H and O–H groups in total. The smallest absolute Gasteiger partial charge is 0.233 e. The minimum absolute atomic E-state index is 0.136. The van der Waals surface area contributed by atoms with Crippen LogP contribution in [0, 0.1) is 0 Å². The largest absolute Gasteiger partial charge is 0.314 e. The van der Waals surface area contributed by atoms with E-state index in [2.05, 4.69) is 31.0 Å². The van der Waals surface area contributed by atoms with Crippen molar-refractivity contribution < 1.29 is 8.42 Å². The summed E-state index contributed by atoms with van der Waals surface area (Å²) in [6.45, 7) is 0.900. The van der Waals surface area contributed by atoms with Crippen LogP contribution in [0.4, 0.5) is 5.82 Å². The van der Waals surface area contributed by atoms with E-state index in [0.29, 0.717) is 18.3 Å². The maximum atomic E-state index is 11.8. The Labute approximate surface area is 122 Å². The maximum absolute atomic E-state index is 11.8.